The normalized spacial score (nSPS) is 11.2. The number of aromatic hydroxyl groups is 1. The van der Waals surface area contributed by atoms with Crippen LogP contribution in [0.4, 0.5) is 10.1 Å². The Kier molecular flexibility index (Phi) is 4.59. The van der Waals surface area contributed by atoms with Crippen LogP contribution in [0.5, 0.6) is 5.88 Å². The lowest BCUT2D eigenvalue weighted by molar-refractivity contribution is -0.387. The van der Waals surface area contributed by atoms with E-state index < -0.39 is 22.0 Å². The van der Waals surface area contributed by atoms with Crippen LogP contribution in [0.25, 0.3) is 17.8 Å². The first-order valence-electron chi connectivity index (χ1n) is 7.88. The molecule has 3 rings (SSSR count). The quantitative estimate of drug-likeness (QED) is 0.541. The zero-order chi connectivity index (χ0) is 19.7. The molecule has 0 fully saturated rings. The average Bonchev–Trinajstić information content (AvgIpc) is 2.87. The highest BCUT2D eigenvalue weighted by molar-refractivity contribution is 5.69. The third kappa shape index (κ3) is 3.47. The highest BCUT2D eigenvalue weighted by atomic mass is 19.1. The third-order valence-corrected chi connectivity index (χ3v) is 4.05. The number of halogens is 1. The first kappa shape index (κ1) is 18.1. The molecule has 1 aromatic carbocycles. The largest absolute Gasteiger partial charge is 0.488 e. The van der Waals surface area contributed by atoms with Crippen molar-refractivity contribution >= 4 is 17.8 Å². The molecule has 138 valence electrons. The van der Waals surface area contributed by atoms with Crippen molar-refractivity contribution in [2.24, 2.45) is 0 Å². The summed E-state index contributed by atoms with van der Waals surface area (Å²) >= 11 is 0. The van der Waals surface area contributed by atoms with Crippen molar-refractivity contribution in [3.05, 3.63) is 79.4 Å². The molecule has 0 saturated heterocycles. The fraction of sp³-hybridized carbons (Fsp3) is 0.111. The maximum atomic E-state index is 13.1. The maximum Gasteiger partial charge on any atom is 0.395 e. The van der Waals surface area contributed by atoms with E-state index in [9.17, 15) is 24.4 Å². The highest BCUT2D eigenvalue weighted by Crippen LogP contribution is 2.23. The van der Waals surface area contributed by atoms with Crippen LogP contribution >= 0.6 is 0 Å². The number of hydrogen-bond acceptors (Lipinski definition) is 5. The van der Waals surface area contributed by atoms with Crippen molar-refractivity contribution in [2.45, 2.75) is 13.8 Å². The van der Waals surface area contributed by atoms with Crippen LogP contribution in [-0.2, 0) is 0 Å². The Morgan fingerprint density at radius 2 is 1.93 bits per heavy atom. The summed E-state index contributed by atoms with van der Waals surface area (Å²) in [6.45, 7) is 3.77. The van der Waals surface area contributed by atoms with Crippen molar-refractivity contribution < 1.29 is 14.4 Å². The molecular weight excluding hydrogens is 355 g/mol. The molecule has 2 heterocycles. The molecule has 0 radical (unpaired) electrons. The van der Waals surface area contributed by atoms with Crippen molar-refractivity contribution in [2.75, 3.05) is 0 Å². The summed E-state index contributed by atoms with van der Waals surface area (Å²) in [6.07, 6.45) is 3.09. The summed E-state index contributed by atoms with van der Waals surface area (Å²) in [6, 6.07) is 7.96. The standard InChI is InChI=1S/C18H15FN4O4/c1-10-9-12(11(2)22(10)14-6-4-13(19)5-7-14)3-8-15-20-17(24)16(23(26)27)18(25)21-15/h3-9H,1-2H3,(H2,20,21,24,25). The van der Waals surface area contributed by atoms with Gasteiger partial charge in [-0.05, 0) is 61.9 Å². The smallest absolute Gasteiger partial charge is 0.395 e. The predicted octanol–water partition coefficient (Wildman–Crippen LogP) is 3.10. The second kappa shape index (κ2) is 6.87. The Morgan fingerprint density at radius 3 is 2.52 bits per heavy atom. The molecule has 27 heavy (non-hydrogen) atoms. The number of rotatable bonds is 4. The average molecular weight is 370 g/mol. The first-order chi connectivity index (χ1) is 12.8. The predicted molar refractivity (Wildman–Crippen MR) is 97.3 cm³/mol. The second-order valence-corrected chi connectivity index (χ2v) is 5.85. The van der Waals surface area contributed by atoms with Crippen LogP contribution < -0.4 is 5.56 Å². The van der Waals surface area contributed by atoms with Crippen LogP contribution in [0.15, 0.2) is 35.1 Å². The highest BCUT2D eigenvalue weighted by Gasteiger charge is 2.21. The summed E-state index contributed by atoms with van der Waals surface area (Å²) in [4.78, 5) is 27.3. The van der Waals surface area contributed by atoms with Gasteiger partial charge < -0.3 is 14.7 Å². The molecule has 2 N–H and O–H groups in total. The van der Waals surface area contributed by atoms with Crippen molar-refractivity contribution in [1.29, 1.82) is 0 Å². The van der Waals surface area contributed by atoms with E-state index in [0.717, 1.165) is 22.6 Å². The summed E-state index contributed by atoms with van der Waals surface area (Å²) < 4.78 is 15.1. The number of nitrogens with one attached hydrogen (secondary N) is 1. The molecular formula is C18H15FN4O4. The molecule has 0 aliphatic heterocycles. The minimum atomic E-state index is -1.04. The molecule has 2 aromatic heterocycles. The molecule has 9 heteroatoms. The zero-order valence-corrected chi connectivity index (χ0v) is 14.4. The SMILES string of the molecule is Cc1cc(C=Cc2nc(O)c([N+](=O)[O-])c(=O)[nH]2)c(C)n1-c1ccc(F)cc1. The number of hydrogen-bond donors (Lipinski definition) is 2. The second-order valence-electron chi connectivity index (χ2n) is 5.85. The van der Waals surface area contributed by atoms with Crippen molar-refractivity contribution in [1.82, 2.24) is 14.5 Å². The van der Waals surface area contributed by atoms with Gasteiger partial charge in [0.15, 0.2) is 0 Å². The summed E-state index contributed by atoms with van der Waals surface area (Å²) in [5, 5.41) is 20.3. The van der Waals surface area contributed by atoms with E-state index in [2.05, 4.69) is 9.97 Å². The lowest BCUT2D eigenvalue weighted by Crippen LogP contribution is -2.14. The van der Waals surface area contributed by atoms with Crippen molar-refractivity contribution in [3.63, 3.8) is 0 Å². The Hall–Kier alpha value is -3.75. The number of aryl methyl sites for hydroxylation is 1. The van der Waals surface area contributed by atoms with Gasteiger partial charge in [0.2, 0.25) is 0 Å². The van der Waals surface area contributed by atoms with Gasteiger partial charge in [0, 0.05) is 17.1 Å². The van der Waals surface area contributed by atoms with Crippen LogP contribution in [0.1, 0.15) is 22.8 Å². The van der Waals surface area contributed by atoms with E-state index >= 15 is 0 Å². The molecule has 0 atom stereocenters. The van der Waals surface area contributed by atoms with Gasteiger partial charge in [-0.3, -0.25) is 14.9 Å². The van der Waals surface area contributed by atoms with E-state index in [4.69, 9.17) is 0 Å². The Morgan fingerprint density at radius 1 is 1.26 bits per heavy atom. The van der Waals surface area contributed by atoms with Crippen LogP contribution in [0.3, 0.4) is 0 Å². The summed E-state index contributed by atoms with van der Waals surface area (Å²) in [5.74, 6) is -1.29. The zero-order valence-electron chi connectivity index (χ0n) is 14.4. The van der Waals surface area contributed by atoms with Gasteiger partial charge in [0.05, 0.1) is 4.92 Å². The molecule has 0 aliphatic carbocycles. The number of nitro groups is 1. The molecule has 0 spiro atoms. The van der Waals surface area contributed by atoms with Gasteiger partial charge in [-0.25, -0.2) is 4.39 Å². The molecule has 0 unspecified atom stereocenters. The fourth-order valence-corrected chi connectivity index (χ4v) is 2.83. The molecule has 0 aliphatic rings. The van der Waals surface area contributed by atoms with Gasteiger partial charge in [-0.1, -0.05) is 0 Å². The van der Waals surface area contributed by atoms with Crippen LogP contribution in [0.2, 0.25) is 0 Å². The van der Waals surface area contributed by atoms with E-state index in [-0.39, 0.29) is 11.6 Å². The Bertz CT molecular complexity index is 1110. The first-order valence-corrected chi connectivity index (χ1v) is 7.88. The third-order valence-electron chi connectivity index (χ3n) is 4.05. The van der Waals surface area contributed by atoms with E-state index in [0.29, 0.717) is 0 Å². The van der Waals surface area contributed by atoms with Crippen LogP contribution in [-0.4, -0.2) is 24.6 Å². The minimum absolute atomic E-state index is 0.0188. The number of nitrogens with zero attached hydrogens (tertiary/aromatic N) is 3. The van der Waals surface area contributed by atoms with Gasteiger partial charge >= 0.3 is 11.2 Å². The van der Waals surface area contributed by atoms with Gasteiger partial charge in [0.25, 0.3) is 5.88 Å². The van der Waals surface area contributed by atoms with Gasteiger partial charge in [-0.15, -0.1) is 0 Å². The summed E-state index contributed by atoms with van der Waals surface area (Å²) in [7, 11) is 0. The molecule has 8 nitrogen and oxygen atoms in total. The lowest BCUT2D eigenvalue weighted by Gasteiger charge is -2.09. The molecule has 0 amide bonds. The summed E-state index contributed by atoms with van der Waals surface area (Å²) in [5.41, 5.74) is 1.34. The van der Waals surface area contributed by atoms with Gasteiger partial charge in [-0.2, -0.15) is 4.98 Å². The fourth-order valence-electron chi connectivity index (χ4n) is 2.83. The van der Waals surface area contributed by atoms with Gasteiger partial charge in [0.1, 0.15) is 11.6 Å². The van der Waals surface area contributed by atoms with E-state index in [1.54, 1.807) is 18.2 Å². The number of aromatic nitrogens is 3. The minimum Gasteiger partial charge on any atom is -0.488 e. The van der Waals surface area contributed by atoms with E-state index in [1.807, 2.05) is 24.5 Å². The Labute approximate surface area is 152 Å². The monoisotopic (exact) mass is 370 g/mol. The van der Waals surface area contributed by atoms with E-state index in [1.165, 1.54) is 18.2 Å². The number of benzene rings is 1. The number of aromatic amines is 1. The Balaban J connectivity index is 1.97. The number of H-pyrrole nitrogens is 1. The van der Waals surface area contributed by atoms with Crippen LogP contribution in [0, 0.1) is 29.8 Å². The molecule has 0 bridgehead atoms. The molecule has 0 saturated carbocycles. The topological polar surface area (TPSA) is 114 Å². The molecule has 3 aromatic rings. The lowest BCUT2D eigenvalue weighted by atomic mass is 10.2. The van der Waals surface area contributed by atoms with Crippen molar-refractivity contribution in [3.8, 4) is 11.6 Å². The maximum absolute atomic E-state index is 13.1.